The van der Waals surface area contributed by atoms with Crippen molar-refractivity contribution in [2.75, 3.05) is 0 Å². The van der Waals surface area contributed by atoms with Gasteiger partial charge in [-0.1, -0.05) is 109 Å². The van der Waals surface area contributed by atoms with E-state index in [1.54, 1.807) is 17.2 Å². The highest BCUT2D eigenvalue weighted by Gasteiger charge is 2.17. The van der Waals surface area contributed by atoms with Gasteiger partial charge in [0.25, 0.3) is 0 Å². The number of aromatic nitrogens is 5. The van der Waals surface area contributed by atoms with Crippen molar-refractivity contribution in [1.82, 2.24) is 25.0 Å². The van der Waals surface area contributed by atoms with Crippen LogP contribution in [0.3, 0.4) is 0 Å². The Labute approximate surface area is 283 Å². The van der Waals surface area contributed by atoms with Crippen molar-refractivity contribution < 1.29 is 0 Å². The average Bonchev–Trinajstić information content (AvgIpc) is 3.64. The van der Waals surface area contributed by atoms with Crippen molar-refractivity contribution in [3.63, 3.8) is 0 Å². The summed E-state index contributed by atoms with van der Waals surface area (Å²) in [5.74, 6) is 0. The molecular weight excluding hydrogens is 599 g/mol. The first-order valence-corrected chi connectivity index (χ1v) is 16.3. The van der Waals surface area contributed by atoms with Crippen LogP contribution in [0, 0.1) is 0 Å². The fraction of sp³-hybridized carbons (Fsp3) is 0. The van der Waals surface area contributed by atoms with Gasteiger partial charge in [0.15, 0.2) is 0 Å². The zero-order valence-electron chi connectivity index (χ0n) is 26.5. The molecule has 0 spiro atoms. The van der Waals surface area contributed by atoms with Crippen molar-refractivity contribution in [2.24, 2.45) is 0 Å². The van der Waals surface area contributed by atoms with Crippen LogP contribution in [-0.4, -0.2) is 25.0 Å². The number of hydrogen-bond acceptors (Lipinski definition) is 4. The normalized spacial score (nSPS) is 11.3. The molecule has 0 unspecified atom stereocenters. The fourth-order valence-electron chi connectivity index (χ4n) is 6.53. The van der Waals surface area contributed by atoms with Gasteiger partial charge in [-0.3, -0.25) is 9.97 Å². The highest BCUT2D eigenvalue weighted by atomic mass is 15.5. The largest absolute Gasteiger partial charge is 0.264 e. The lowest BCUT2D eigenvalue weighted by atomic mass is 9.94. The van der Waals surface area contributed by atoms with Gasteiger partial charge in [-0.2, -0.15) is 4.80 Å². The van der Waals surface area contributed by atoms with Crippen LogP contribution in [0.2, 0.25) is 0 Å². The minimum atomic E-state index is 0.839. The number of nitrogens with zero attached hydrogens (tertiary/aromatic N) is 5. The lowest BCUT2D eigenvalue weighted by Gasteiger charge is -2.10. The van der Waals surface area contributed by atoms with Crippen LogP contribution in [-0.2, 0) is 0 Å². The molecule has 0 radical (unpaired) electrons. The molecule has 230 valence electrons. The number of rotatable bonds is 6. The third kappa shape index (κ3) is 5.43. The first-order valence-electron chi connectivity index (χ1n) is 16.3. The summed E-state index contributed by atoms with van der Waals surface area (Å²) in [6.07, 6.45) is 7.38. The molecule has 6 aromatic carbocycles. The maximum Gasteiger partial charge on any atom is 0.122 e. The van der Waals surface area contributed by atoms with Gasteiger partial charge in [-0.15, -0.1) is 10.2 Å². The van der Waals surface area contributed by atoms with Crippen molar-refractivity contribution >= 4 is 21.8 Å². The summed E-state index contributed by atoms with van der Waals surface area (Å²) in [6, 6.07) is 53.0. The summed E-state index contributed by atoms with van der Waals surface area (Å²) in [6.45, 7) is 0. The van der Waals surface area contributed by atoms with E-state index in [1.807, 2.05) is 24.5 Å². The SMILES string of the molecule is c1cncc(-c2cccc(-c3ccc(-c4cccc(-c5cccnc5)c4)c4nn(-c5ccc(-c6ccc7ccccc7c6)cc5)nc34)c2)c1. The predicted octanol–water partition coefficient (Wildman–Crippen LogP) is 10.7. The van der Waals surface area contributed by atoms with Crippen LogP contribution in [0.25, 0.3) is 83.1 Å². The number of hydrogen-bond donors (Lipinski definition) is 0. The Kier molecular flexibility index (Phi) is 7.06. The number of fused-ring (bicyclic) bond motifs is 2. The lowest BCUT2D eigenvalue weighted by Crippen LogP contribution is -1.98. The molecule has 0 bridgehead atoms. The third-order valence-electron chi connectivity index (χ3n) is 9.06. The summed E-state index contributed by atoms with van der Waals surface area (Å²) in [5, 5.41) is 12.8. The van der Waals surface area contributed by atoms with Crippen LogP contribution in [0.15, 0.2) is 176 Å². The topological polar surface area (TPSA) is 56.5 Å². The van der Waals surface area contributed by atoms with Gasteiger partial charge in [0.1, 0.15) is 11.0 Å². The molecule has 0 aliphatic carbocycles. The minimum absolute atomic E-state index is 0.839. The van der Waals surface area contributed by atoms with E-state index >= 15 is 0 Å². The predicted molar refractivity (Wildman–Crippen MR) is 199 cm³/mol. The van der Waals surface area contributed by atoms with Crippen LogP contribution < -0.4 is 0 Å². The summed E-state index contributed by atoms with van der Waals surface area (Å²) in [4.78, 5) is 10.4. The Morgan fingerprint density at radius 3 is 1.43 bits per heavy atom. The highest BCUT2D eigenvalue weighted by molar-refractivity contribution is 6.01. The molecule has 9 aromatic rings. The van der Waals surface area contributed by atoms with Crippen LogP contribution >= 0.6 is 0 Å². The van der Waals surface area contributed by atoms with E-state index < -0.39 is 0 Å². The Balaban J connectivity index is 1.17. The zero-order valence-corrected chi connectivity index (χ0v) is 26.5. The molecule has 0 aliphatic rings. The van der Waals surface area contributed by atoms with Crippen LogP contribution in [0.1, 0.15) is 0 Å². The zero-order chi connectivity index (χ0) is 32.6. The molecular formula is C44H29N5. The molecule has 0 fully saturated rings. The molecule has 3 heterocycles. The van der Waals surface area contributed by atoms with Gasteiger partial charge < -0.3 is 0 Å². The Morgan fingerprint density at radius 2 is 0.857 bits per heavy atom. The maximum absolute atomic E-state index is 5.16. The molecule has 3 aromatic heterocycles. The van der Waals surface area contributed by atoms with E-state index in [0.717, 1.165) is 66.8 Å². The Morgan fingerprint density at radius 1 is 0.347 bits per heavy atom. The fourth-order valence-corrected chi connectivity index (χ4v) is 6.53. The molecule has 9 rings (SSSR count). The van der Waals surface area contributed by atoms with Crippen LogP contribution in [0.5, 0.6) is 0 Å². The number of benzene rings is 6. The van der Waals surface area contributed by atoms with E-state index in [9.17, 15) is 0 Å². The molecule has 0 N–H and O–H groups in total. The molecule has 0 saturated carbocycles. The second-order valence-electron chi connectivity index (χ2n) is 12.1. The lowest BCUT2D eigenvalue weighted by molar-refractivity contribution is 0.766. The van der Waals surface area contributed by atoms with Crippen molar-refractivity contribution in [2.45, 2.75) is 0 Å². The van der Waals surface area contributed by atoms with Gasteiger partial charge in [0.2, 0.25) is 0 Å². The summed E-state index contributed by atoms with van der Waals surface area (Å²) in [5.41, 5.74) is 13.4. The standard InChI is InChI=1S/C44H29N5/c1-2-8-32-25-35(16-15-30(32)7-1)31-17-19-40(20-18-31)49-47-43-41(36-11-3-9-33(26-36)38-13-5-23-45-28-38)21-22-42(44(43)48-49)37-12-4-10-34(27-37)39-14-6-24-46-29-39/h1-29H. The van der Waals surface area contributed by atoms with Crippen LogP contribution in [0.4, 0.5) is 0 Å². The summed E-state index contributed by atoms with van der Waals surface area (Å²) >= 11 is 0. The first-order chi connectivity index (χ1) is 24.3. The van der Waals surface area contributed by atoms with Crippen molar-refractivity contribution in [3.8, 4) is 61.3 Å². The molecule has 0 atom stereocenters. The van der Waals surface area contributed by atoms with Gasteiger partial charge in [-0.05, 0) is 86.6 Å². The molecule has 5 nitrogen and oxygen atoms in total. The highest BCUT2D eigenvalue weighted by Crippen LogP contribution is 2.37. The molecule has 5 heteroatoms. The Hall–Kier alpha value is -6.72. The van der Waals surface area contributed by atoms with E-state index in [0.29, 0.717) is 0 Å². The van der Waals surface area contributed by atoms with E-state index in [2.05, 4.69) is 149 Å². The van der Waals surface area contributed by atoms with Gasteiger partial charge in [0, 0.05) is 47.0 Å². The molecule has 0 amide bonds. The second kappa shape index (κ2) is 12.1. The number of pyridine rings is 2. The monoisotopic (exact) mass is 627 g/mol. The first kappa shape index (κ1) is 28.5. The maximum atomic E-state index is 5.16. The molecule has 49 heavy (non-hydrogen) atoms. The quantitative estimate of drug-likeness (QED) is 0.184. The minimum Gasteiger partial charge on any atom is -0.264 e. The summed E-state index contributed by atoms with van der Waals surface area (Å²) < 4.78 is 0. The van der Waals surface area contributed by atoms with Gasteiger partial charge in [0.05, 0.1) is 5.69 Å². The summed E-state index contributed by atoms with van der Waals surface area (Å²) in [7, 11) is 0. The van der Waals surface area contributed by atoms with Gasteiger partial charge >= 0.3 is 0 Å². The Bertz CT molecular complexity index is 2470. The van der Waals surface area contributed by atoms with E-state index in [-0.39, 0.29) is 0 Å². The van der Waals surface area contributed by atoms with E-state index in [4.69, 9.17) is 10.2 Å². The van der Waals surface area contributed by atoms with E-state index in [1.165, 1.54) is 16.3 Å². The van der Waals surface area contributed by atoms with Crippen molar-refractivity contribution in [1.29, 1.82) is 0 Å². The smallest absolute Gasteiger partial charge is 0.122 e. The molecule has 0 aliphatic heterocycles. The molecule has 0 saturated heterocycles. The second-order valence-corrected chi connectivity index (χ2v) is 12.1. The third-order valence-corrected chi connectivity index (χ3v) is 9.06. The van der Waals surface area contributed by atoms with Gasteiger partial charge in [-0.25, -0.2) is 0 Å². The van der Waals surface area contributed by atoms with Crippen molar-refractivity contribution in [3.05, 3.63) is 176 Å². The average molecular weight is 628 g/mol.